The van der Waals surface area contributed by atoms with Crippen LogP contribution in [0.3, 0.4) is 0 Å². The van der Waals surface area contributed by atoms with Crippen molar-refractivity contribution in [2.75, 3.05) is 13.2 Å². The average Bonchev–Trinajstić information content (AvgIpc) is 3.25. The lowest BCUT2D eigenvalue weighted by molar-refractivity contribution is 0.0565. The molecule has 5 nitrogen and oxygen atoms in total. The van der Waals surface area contributed by atoms with Crippen LogP contribution in [0.2, 0.25) is 0 Å². The number of rotatable bonds is 8. The molecule has 0 spiro atoms. The summed E-state index contributed by atoms with van der Waals surface area (Å²) < 4.78 is 7.80. The summed E-state index contributed by atoms with van der Waals surface area (Å²) in [6.45, 7) is 6.15. The topological polar surface area (TPSA) is 56.2 Å². The van der Waals surface area contributed by atoms with Crippen LogP contribution in [0.4, 0.5) is 0 Å². The van der Waals surface area contributed by atoms with Crippen LogP contribution in [-0.2, 0) is 11.3 Å². The van der Waals surface area contributed by atoms with Crippen molar-refractivity contribution in [3.63, 3.8) is 0 Å². The van der Waals surface area contributed by atoms with Crippen LogP contribution in [0.25, 0.3) is 0 Å². The second-order valence-corrected chi connectivity index (χ2v) is 7.17. The van der Waals surface area contributed by atoms with E-state index in [2.05, 4.69) is 23.4 Å². The number of hydrogen-bond acceptors (Lipinski definition) is 3. The minimum absolute atomic E-state index is 0.0245. The summed E-state index contributed by atoms with van der Waals surface area (Å²) in [6.07, 6.45) is 6.26. The molecule has 1 saturated carbocycles. The molecule has 0 aliphatic heterocycles. The molecule has 1 aromatic carbocycles. The summed E-state index contributed by atoms with van der Waals surface area (Å²) in [7, 11) is 0. The van der Waals surface area contributed by atoms with Gasteiger partial charge in [0.1, 0.15) is 0 Å². The van der Waals surface area contributed by atoms with Crippen LogP contribution in [0.15, 0.2) is 30.3 Å². The Morgan fingerprint density at radius 3 is 2.62 bits per heavy atom. The zero-order valence-electron chi connectivity index (χ0n) is 15.8. The first-order valence-corrected chi connectivity index (χ1v) is 9.61. The lowest BCUT2D eigenvalue weighted by Crippen LogP contribution is -2.25. The Morgan fingerprint density at radius 2 is 1.96 bits per heavy atom. The highest BCUT2D eigenvalue weighted by atomic mass is 16.5. The molecule has 1 heterocycles. The third kappa shape index (κ3) is 5.18. The summed E-state index contributed by atoms with van der Waals surface area (Å²) in [5, 5.41) is 7.44. The van der Waals surface area contributed by atoms with Gasteiger partial charge in [0.15, 0.2) is 0 Å². The number of amides is 1. The fraction of sp³-hybridized carbons (Fsp3) is 0.524. The van der Waals surface area contributed by atoms with Gasteiger partial charge in [-0.1, -0.05) is 25.0 Å². The normalized spacial score (nSPS) is 14.7. The largest absolute Gasteiger partial charge is 0.378 e. The predicted molar refractivity (Wildman–Crippen MR) is 102 cm³/mol. The van der Waals surface area contributed by atoms with Crippen molar-refractivity contribution >= 4 is 5.91 Å². The van der Waals surface area contributed by atoms with Crippen LogP contribution >= 0.6 is 0 Å². The monoisotopic (exact) mass is 355 g/mol. The standard InChI is InChI=1S/C21H29N3O2/c1-16-14-17(2)24(23-16)15-18-8-10-19(11-9-18)21(25)22-12-5-13-26-20-6-3-4-7-20/h8-11,14,20H,3-7,12-13,15H2,1-2H3,(H,22,25). The van der Waals surface area contributed by atoms with E-state index in [1.54, 1.807) is 0 Å². The van der Waals surface area contributed by atoms with Crippen molar-refractivity contribution in [2.24, 2.45) is 0 Å². The molecule has 140 valence electrons. The van der Waals surface area contributed by atoms with Gasteiger partial charge in [0.05, 0.1) is 18.3 Å². The van der Waals surface area contributed by atoms with E-state index in [0.717, 1.165) is 36.5 Å². The lowest BCUT2D eigenvalue weighted by atomic mass is 10.1. The van der Waals surface area contributed by atoms with Gasteiger partial charge in [0.25, 0.3) is 5.91 Å². The Morgan fingerprint density at radius 1 is 1.23 bits per heavy atom. The first-order valence-electron chi connectivity index (χ1n) is 9.61. The Kier molecular flexibility index (Phi) is 6.45. The molecule has 0 atom stereocenters. The Hall–Kier alpha value is -2.14. The first-order chi connectivity index (χ1) is 12.6. The van der Waals surface area contributed by atoms with Crippen molar-refractivity contribution in [1.82, 2.24) is 15.1 Å². The Labute approximate surface area is 155 Å². The van der Waals surface area contributed by atoms with Crippen molar-refractivity contribution in [3.8, 4) is 0 Å². The number of aromatic nitrogens is 2. The predicted octanol–water partition coefficient (Wildman–Crippen LogP) is 3.63. The van der Waals surface area contributed by atoms with Crippen LogP contribution < -0.4 is 5.32 Å². The fourth-order valence-corrected chi connectivity index (χ4v) is 3.45. The zero-order chi connectivity index (χ0) is 18.4. The number of ether oxygens (including phenoxy) is 1. The molecule has 1 aliphatic carbocycles. The summed E-state index contributed by atoms with van der Waals surface area (Å²) in [5.41, 5.74) is 4.00. The van der Waals surface area contributed by atoms with Crippen molar-refractivity contribution < 1.29 is 9.53 Å². The van der Waals surface area contributed by atoms with Gasteiger partial charge in [-0.25, -0.2) is 0 Å². The van der Waals surface area contributed by atoms with E-state index < -0.39 is 0 Å². The van der Waals surface area contributed by atoms with Gasteiger partial charge in [0.2, 0.25) is 0 Å². The highest BCUT2D eigenvalue weighted by Crippen LogP contribution is 2.20. The van der Waals surface area contributed by atoms with E-state index in [4.69, 9.17) is 4.74 Å². The summed E-state index contributed by atoms with van der Waals surface area (Å²) in [5.74, 6) is -0.0245. The summed E-state index contributed by atoms with van der Waals surface area (Å²) in [4.78, 5) is 12.2. The molecule has 1 aliphatic rings. The number of carbonyl (C=O) groups is 1. The van der Waals surface area contributed by atoms with E-state index in [9.17, 15) is 4.79 Å². The number of nitrogens with one attached hydrogen (secondary N) is 1. The van der Waals surface area contributed by atoms with Gasteiger partial charge in [-0.05, 0) is 56.9 Å². The molecular formula is C21H29N3O2. The number of nitrogens with zero attached hydrogens (tertiary/aromatic N) is 2. The van der Waals surface area contributed by atoms with Crippen LogP contribution in [0.1, 0.15) is 59.4 Å². The van der Waals surface area contributed by atoms with E-state index in [1.807, 2.05) is 35.9 Å². The minimum Gasteiger partial charge on any atom is -0.378 e. The molecular weight excluding hydrogens is 326 g/mol. The number of aryl methyl sites for hydroxylation is 2. The second-order valence-electron chi connectivity index (χ2n) is 7.17. The third-order valence-electron chi connectivity index (χ3n) is 4.91. The second kappa shape index (κ2) is 8.99. The number of carbonyl (C=O) groups excluding carboxylic acids is 1. The average molecular weight is 355 g/mol. The third-order valence-corrected chi connectivity index (χ3v) is 4.91. The molecule has 26 heavy (non-hydrogen) atoms. The maximum Gasteiger partial charge on any atom is 0.251 e. The molecule has 0 unspecified atom stereocenters. The molecule has 1 amide bonds. The molecule has 1 N–H and O–H groups in total. The van der Waals surface area contributed by atoms with Crippen LogP contribution in [0.5, 0.6) is 0 Å². The maximum atomic E-state index is 12.2. The van der Waals surface area contributed by atoms with Crippen molar-refractivity contribution in [1.29, 1.82) is 0 Å². The van der Waals surface area contributed by atoms with E-state index in [1.165, 1.54) is 25.7 Å². The lowest BCUT2D eigenvalue weighted by Gasteiger charge is -2.11. The van der Waals surface area contributed by atoms with E-state index in [-0.39, 0.29) is 5.91 Å². The molecule has 0 radical (unpaired) electrons. The smallest absolute Gasteiger partial charge is 0.251 e. The first kappa shape index (κ1) is 18.6. The molecule has 2 aromatic rings. The Balaban J connectivity index is 1.41. The van der Waals surface area contributed by atoms with E-state index in [0.29, 0.717) is 18.2 Å². The Bertz CT molecular complexity index is 715. The minimum atomic E-state index is -0.0245. The highest BCUT2D eigenvalue weighted by molar-refractivity contribution is 5.94. The number of benzene rings is 1. The zero-order valence-corrected chi connectivity index (χ0v) is 15.8. The summed E-state index contributed by atoms with van der Waals surface area (Å²) in [6, 6.07) is 9.82. The fourth-order valence-electron chi connectivity index (χ4n) is 3.45. The highest BCUT2D eigenvalue weighted by Gasteiger charge is 2.14. The molecule has 5 heteroatoms. The molecule has 0 bridgehead atoms. The van der Waals surface area contributed by atoms with Gasteiger partial charge >= 0.3 is 0 Å². The van der Waals surface area contributed by atoms with Gasteiger partial charge in [-0.15, -0.1) is 0 Å². The molecule has 1 aromatic heterocycles. The molecule has 3 rings (SSSR count). The molecule has 0 saturated heterocycles. The van der Waals surface area contributed by atoms with Crippen LogP contribution in [0, 0.1) is 13.8 Å². The molecule has 1 fully saturated rings. The quantitative estimate of drug-likeness (QED) is 0.736. The van der Waals surface area contributed by atoms with Crippen LogP contribution in [-0.4, -0.2) is 34.9 Å². The van der Waals surface area contributed by atoms with Gasteiger partial charge in [0, 0.05) is 24.4 Å². The summed E-state index contributed by atoms with van der Waals surface area (Å²) >= 11 is 0. The van der Waals surface area contributed by atoms with E-state index >= 15 is 0 Å². The van der Waals surface area contributed by atoms with Crippen molar-refractivity contribution in [2.45, 2.75) is 58.6 Å². The number of hydrogen-bond donors (Lipinski definition) is 1. The van der Waals surface area contributed by atoms with Gasteiger partial charge in [-0.2, -0.15) is 5.10 Å². The SMILES string of the molecule is Cc1cc(C)n(Cc2ccc(C(=O)NCCCOC3CCCC3)cc2)n1. The van der Waals surface area contributed by atoms with Gasteiger partial charge < -0.3 is 10.1 Å². The maximum absolute atomic E-state index is 12.2. The van der Waals surface area contributed by atoms with Gasteiger partial charge in [-0.3, -0.25) is 9.48 Å². The van der Waals surface area contributed by atoms with Crippen molar-refractivity contribution in [3.05, 3.63) is 52.8 Å².